The van der Waals surface area contributed by atoms with Gasteiger partial charge >= 0.3 is 0 Å². The van der Waals surface area contributed by atoms with Crippen molar-refractivity contribution in [3.8, 4) is 17.6 Å². The van der Waals surface area contributed by atoms with Gasteiger partial charge in [0.15, 0.2) is 11.5 Å². The van der Waals surface area contributed by atoms with Crippen LogP contribution < -0.4 is 9.47 Å². The molecular formula is C25H21IN2O4. The van der Waals surface area contributed by atoms with Gasteiger partial charge in [-0.25, -0.2) is 0 Å². The van der Waals surface area contributed by atoms with Crippen LogP contribution in [0.3, 0.4) is 0 Å². The number of aryl methyl sites for hydroxylation is 1. The Labute approximate surface area is 200 Å². The zero-order valence-electron chi connectivity index (χ0n) is 17.7. The zero-order chi connectivity index (χ0) is 23.1. The summed E-state index contributed by atoms with van der Waals surface area (Å²) in [6, 6.07) is 20.0. The molecule has 0 aliphatic carbocycles. The van der Waals surface area contributed by atoms with Crippen LogP contribution in [0.25, 0.3) is 11.6 Å². The van der Waals surface area contributed by atoms with Gasteiger partial charge in [-0.2, -0.15) is 5.26 Å². The molecule has 0 fully saturated rings. The van der Waals surface area contributed by atoms with E-state index in [4.69, 9.17) is 9.47 Å². The largest absolute Gasteiger partial charge is 0.490 e. The highest BCUT2D eigenvalue weighted by molar-refractivity contribution is 14.1. The summed E-state index contributed by atoms with van der Waals surface area (Å²) < 4.78 is 12.8. The molecule has 0 aliphatic heterocycles. The Morgan fingerprint density at radius 1 is 1.16 bits per heavy atom. The molecule has 3 aromatic carbocycles. The molecule has 0 spiro atoms. The fourth-order valence-electron chi connectivity index (χ4n) is 3.14. The highest BCUT2D eigenvalue weighted by Gasteiger charge is 2.13. The van der Waals surface area contributed by atoms with Crippen LogP contribution in [0.15, 0.2) is 60.7 Å². The lowest BCUT2D eigenvalue weighted by Gasteiger charge is -2.15. The first-order valence-electron chi connectivity index (χ1n) is 9.92. The molecule has 0 saturated heterocycles. The molecule has 0 N–H and O–H groups in total. The summed E-state index contributed by atoms with van der Waals surface area (Å²) in [5.74, 6) is 1.25. The number of nitrogens with zero attached hydrogens (tertiary/aromatic N) is 2. The van der Waals surface area contributed by atoms with Crippen molar-refractivity contribution in [1.29, 1.82) is 5.26 Å². The van der Waals surface area contributed by atoms with Crippen LogP contribution in [-0.2, 0) is 6.61 Å². The lowest BCUT2D eigenvalue weighted by molar-refractivity contribution is -0.384. The van der Waals surface area contributed by atoms with Crippen LogP contribution in [-0.4, -0.2) is 11.5 Å². The van der Waals surface area contributed by atoms with Crippen molar-refractivity contribution in [2.75, 3.05) is 6.61 Å². The Kier molecular flexibility index (Phi) is 7.84. The number of nitro benzene ring substituents is 1. The summed E-state index contributed by atoms with van der Waals surface area (Å²) in [5.41, 5.74) is 3.99. The monoisotopic (exact) mass is 540 g/mol. The van der Waals surface area contributed by atoms with Gasteiger partial charge in [0.25, 0.3) is 5.69 Å². The number of nitriles is 1. The van der Waals surface area contributed by atoms with E-state index in [1.54, 1.807) is 18.2 Å². The molecule has 0 amide bonds. The highest BCUT2D eigenvalue weighted by Crippen LogP contribution is 2.36. The molecule has 0 atom stereocenters. The Bertz CT molecular complexity index is 1200. The number of benzene rings is 3. The summed E-state index contributed by atoms with van der Waals surface area (Å²) in [7, 11) is 0. The van der Waals surface area contributed by atoms with Crippen LogP contribution in [0.1, 0.15) is 29.2 Å². The summed E-state index contributed by atoms with van der Waals surface area (Å²) in [5, 5.41) is 20.5. The molecule has 32 heavy (non-hydrogen) atoms. The van der Waals surface area contributed by atoms with Crippen LogP contribution in [0, 0.1) is 31.9 Å². The van der Waals surface area contributed by atoms with Gasteiger partial charge in [0.05, 0.1) is 26.7 Å². The molecular weight excluding hydrogens is 519 g/mol. The standard InChI is InChI=1S/C25H21IN2O4/c1-3-31-24-14-19(12-21(15-27)20-7-9-22(10-8-20)28(29)30)13-23(26)25(24)32-16-18-6-4-5-17(2)11-18/h4-14H,3,16H2,1-2H3/b21-12-. The molecule has 0 saturated carbocycles. The van der Waals surface area contributed by atoms with Crippen molar-refractivity contribution in [2.24, 2.45) is 0 Å². The van der Waals surface area contributed by atoms with Gasteiger partial charge in [0.1, 0.15) is 6.61 Å². The van der Waals surface area contributed by atoms with Crippen molar-refractivity contribution in [1.82, 2.24) is 0 Å². The van der Waals surface area contributed by atoms with Gasteiger partial charge in [-0.05, 0) is 83.5 Å². The third-order valence-corrected chi connectivity index (χ3v) is 5.42. The van der Waals surface area contributed by atoms with E-state index in [2.05, 4.69) is 34.7 Å². The van der Waals surface area contributed by atoms with Gasteiger partial charge in [0.2, 0.25) is 0 Å². The van der Waals surface area contributed by atoms with E-state index in [9.17, 15) is 15.4 Å². The van der Waals surface area contributed by atoms with Gasteiger partial charge in [0, 0.05) is 12.1 Å². The summed E-state index contributed by atoms with van der Waals surface area (Å²) in [6.45, 7) is 4.83. The predicted octanol–water partition coefficient (Wildman–Crippen LogP) is 6.55. The van der Waals surface area contributed by atoms with Crippen LogP contribution in [0.4, 0.5) is 5.69 Å². The number of ether oxygens (including phenoxy) is 2. The van der Waals surface area contributed by atoms with Crippen molar-refractivity contribution in [3.63, 3.8) is 0 Å². The lowest BCUT2D eigenvalue weighted by atomic mass is 10.0. The fourth-order valence-corrected chi connectivity index (χ4v) is 3.92. The Morgan fingerprint density at radius 2 is 1.91 bits per heavy atom. The van der Waals surface area contributed by atoms with Crippen molar-refractivity contribution >= 4 is 39.9 Å². The maximum Gasteiger partial charge on any atom is 0.269 e. The molecule has 6 nitrogen and oxygen atoms in total. The number of non-ortho nitro benzene ring substituents is 1. The number of hydrogen-bond acceptors (Lipinski definition) is 5. The molecule has 0 radical (unpaired) electrons. The number of halogens is 1. The fraction of sp³-hybridized carbons (Fsp3) is 0.160. The van der Waals surface area contributed by atoms with Gasteiger partial charge in [-0.15, -0.1) is 0 Å². The Balaban J connectivity index is 1.91. The van der Waals surface area contributed by atoms with Gasteiger partial charge in [-0.1, -0.05) is 29.8 Å². The minimum atomic E-state index is -0.467. The number of nitro groups is 1. The van der Waals surface area contributed by atoms with Gasteiger partial charge < -0.3 is 9.47 Å². The zero-order valence-corrected chi connectivity index (χ0v) is 19.8. The maximum absolute atomic E-state index is 10.9. The predicted molar refractivity (Wildman–Crippen MR) is 132 cm³/mol. The van der Waals surface area contributed by atoms with E-state index in [1.165, 1.54) is 17.7 Å². The summed E-state index contributed by atoms with van der Waals surface area (Å²) >= 11 is 2.19. The second-order valence-electron chi connectivity index (χ2n) is 7.01. The molecule has 0 aromatic heterocycles. The minimum absolute atomic E-state index is 0.0191. The molecule has 3 rings (SSSR count). The highest BCUT2D eigenvalue weighted by atomic mass is 127. The molecule has 0 bridgehead atoms. The molecule has 7 heteroatoms. The maximum atomic E-state index is 10.9. The summed E-state index contributed by atoms with van der Waals surface area (Å²) in [6.07, 6.45) is 1.73. The van der Waals surface area contributed by atoms with Crippen molar-refractivity contribution in [3.05, 3.63) is 96.6 Å². The summed E-state index contributed by atoms with van der Waals surface area (Å²) in [4.78, 5) is 10.4. The first-order chi connectivity index (χ1) is 15.4. The first kappa shape index (κ1) is 23.3. The smallest absolute Gasteiger partial charge is 0.269 e. The molecule has 0 heterocycles. The number of rotatable bonds is 8. The van der Waals surface area contributed by atoms with E-state index in [1.807, 2.05) is 44.2 Å². The second kappa shape index (κ2) is 10.8. The van der Waals surface area contributed by atoms with Crippen LogP contribution in [0.5, 0.6) is 11.5 Å². The van der Waals surface area contributed by atoms with Crippen LogP contribution in [0.2, 0.25) is 0 Å². The topological polar surface area (TPSA) is 85.4 Å². The average molecular weight is 540 g/mol. The lowest BCUT2D eigenvalue weighted by Crippen LogP contribution is -2.02. The average Bonchev–Trinajstić information content (AvgIpc) is 2.77. The first-order valence-corrected chi connectivity index (χ1v) is 11.0. The van der Waals surface area contributed by atoms with E-state index in [-0.39, 0.29) is 5.69 Å². The Morgan fingerprint density at radius 3 is 2.53 bits per heavy atom. The van der Waals surface area contributed by atoms with Crippen molar-refractivity contribution < 1.29 is 14.4 Å². The van der Waals surface area contributed by atoms with E-state index in [0.717, 1.165) is 14.7 Å². The SMILES string of the molecule is CCOc1cc(/C=C(/C#N)c2ccc([N+](=O)[O-])cc2)cc(I)c1OCc1cccc(C)c1. The molecule has 0 aliphatic rings. The number of allylic oxidation sites excluding steroid dienone is 1. The number of hydrogen-bond donors (Lipinski definition) is 0. The quantitative estimate of drug-likeness (QED) is 0.106. The normalized spacial score (nSPS) is 11.0. The molecule has 0 unspecified atom stereocenters. The third-order valence-electron chi connectivity index (χ3n) is 4.62. The third kappa shape index (κ3) is 5.86. The Hall–Kier alpha value is -3.38. The van der Waals surface area contributed by atoms with E-state index >= 15 is 0 Å². The van der Waals surface area contributed by atoms with E-state index < -0.39 is 4.92 Å². The second-order valence-corrected chi connectivity index (χ2v) is 8.18. The van der Waals surface area contributed by atoms with E-state index in [0.29, 0.717) is 35.8 Å². The van der Waals surface area contributed by atoms with Crippen LogP contribution >= 0.6 is 22.6 Å². The van der Waals surface area contributed by atoms with Gasteiger partial charge in [-0.3, -0.25) is 10.1 Å². The molecule has 3 aromatic rings. The minimum Gasteiger partial charge on any atom is -0.490 e. The van der Waals surface area contributed by atoms with Crippen molar-refractivity contribution in [2.45, 2.75) is 20.5 Å². The molecule has 162 valence electrons.